The van der Waals surface area contributed by atoms with Crippen LogP contribution in [0.5, 0.6) is 0 Å². The molecule has 0 bridgehead atoms. The van der Waals surface area contributed by atoms with Gasteiger partial charge in [0.1, 0.15) is 0 Å². The molecule has 1 saturated heterocycles. The Bertz CT molecular complexity index is 238. The van der Waals surface area contributed by atoms with Gasteiger partial charge in [-0.3, -0.25) is 14.5 Å². The number of β-amino-alcohol motifs (C(OH)–C–C–N with tert-alkyl or cyclic N) is 1. The monoisotopic (exact) mass is 216 g/mol. The van der Waals surface area contributed by atoms with E-state index in [0.29, 0.717) is 26.1 Å². The van der Waals surface area contributed by atoms with Crippen LogP contribution in [0.4, 0.5) is 0 Å². The molecule has 3 N–H and O–H groups in total. The number of carbonyl (C=O) groups is 2. The fourth-order valence-electron chi connectivity index (χ4n) is 1.40. The topological polar surface area (TPSA) is 89.9 Å². The van der Waals surface area contributed by atoms with Gasteiger partial charge in [0.2, 0.25) is 5.91 Å². The van der Waals surface area contributed by atoms with Crippen LogP contribution in [0.2, 0.25) is 0 Å². The Morgan fingerprint density at radius 2 is 2.07 bits per heavy atom. The van der Waals surface area contributed by atoms with Crippen molar-refractivity contribution >= 4 is 11.9 Å². The predicted octanol–water partition coefficient (Wildman–Crippen LogP) is -1.36. The molecule has 0 aromatic rings. The first-order chi connectivity index (χ1) is 7.08. The molecule has 1 aliphatic heterocycles. The number of amides is 1. The minimum atomic E-state index is -0.852. The first kappa shape index (κ1) is 11.9. The lowest BCUT2D eigenvalue weighted by Gasteiger charge is -2.34. The van der Waals surface area contributed by atoms with Crippen molar-refractivity contribution in [1.29, 1.82) is 0 Å². The largest absolute Gasteiger partial charge is 0.481 e. The maximum absolute atomic E-state index is 11.2. The Morgan fingerprint density at radius 1 is 1.40 bits per heavy atom. The van der Waals surface area contributed by atoms with Crippen molar-refractivity contribution in [2.75, 3.05) is 26.2 Å². The summed E-state index contributed by atoms with van der Waals surface area (Å²) in [5.74, 6) is -0.970. The molecule has 0 aliphatic carbocycles. The number of aliphatic hydroxyl groups is 1. The average molecular weight is 216 g/mol. The molecule has 0 atom stereocenters. The zero-order valence-electron chi connectivity index (χ0n) is 8.48. The Kier molecular flexibility index (Phi) is 4.51. The Balaban J connectivity index is 1.97. The zero-order chi connectivity index (χ0) is 11.3. The summed E-state index contributed by atoms with van der Waals surface area (Å²) < 4.78 is 0. The van der Waals surface area contributed by atoms with Crippen LogP contribution in [0.3, 0.4) is 0 Å². The molecular formula is C9H16N2O4. The molecule has 1 rings (SSSR count). The fraction of sp³-hybridized carbons (Fsp3) is 0.778. The number of nitrogens with zero attached hydrogens (tertiary/aromatic N) is 1. The molecule has 0 radical (unpaired) electrons. The standard InChI is InChI=1S/C9H16N2O4/c12-7-4-11(5-7)6-8(13)10-3-1-2-9(14)15/h7,12H,1-6H2,(H,10,13)(H,14,15). The van der Waals surface area contributed by atoms with E-state index in [1.54, 1.807) is 0 Å². The van der Waals surface area contributed by atoms with Crippen molar-refractivity contribution < 1.29 is 19.8 Å². The zero-order valence-corrected chi connectivity index (χ0v) is 8.48. The predicted molar refractivity (Wildman–Crippen MR) is 52.3 cm³/mol. The molecule has 0 unspecified atom stereocenters. The quantitative estimate of drug-likeness (QED) is 0.477. The van der Waals surface area contributed by atoms with Crippen LogP contribution in [0, 0.1) is 0 Å². The van der Waals surface area contributed by atoms with Crippen molar-refractivity contribution in [3.8, 4) is 0 Å². The Morgan fingerprint density at radius 3 is 2.60 bits per heavy atom. The van der Waals surface area contributed by atoms with Gasteiger partial charge in [-0.15, -0.1) is 0 Å². The van der Waals surface area contributed by atoms with Crippen LogP contribution in [0.15, 0.2) is 0 Å². The second-order valence-corrected chi connectivity index (χ2v) is 3.70. The third kappa shape index (κ3) is 4.75. The lowest BCUT2D eigenvalue weighted by atomic mass is 10.2. The summed E-state index contributed by atoms with van der Waals surface area (Å²) in [5, 5.41) is 19.9. The van der Waals surface area contributed by atoms with Crippen LogP contribution in [0.25, 0.3) is 0 Å². The number of carboxylic acids is 1. The minimum Gasteiger partial charge on any atom is -0.481 e. The lowest BCUT2D eigenvalue weighted by Crippen LogP contribution is -2.53. The minimum absolute atomic E-state index is 0.0721. The second-order valence-electron chi connectivity index (χ2n) is 3.70. The Hall–Kier alpha value is -1.14. The highest BCUT2D eigenvalue weighted by Crippen LogP contribution is 2.05. The van der Waals surface area contributed by atoms with Crippen LogP contribution in [0.1, 0.15) is 12.8 Å². The molecule has 1 fully saturated rings. The highest BCUT2D eigenvalue weighted by Gasteiger charge is 2.25. The number of rotatable bonds is 6. The summed E-state index contributed by atoms with van der Waals surface area (Å²) in [7, 11) is 0. The molecule has 0 saturated carbocycles. The average Bonchev–Trinajstić information content (AvgIpc) is 2.10. The van der Waals surface area contributed by atoms with E-state index in [0.717, 1.165) is 0 Å². The highest BCUT2D eigenvalue weighted by molar-refractivity contribution is 5.78. The fourth-order valence-corrected chi connectivity index (χ4v) is 1.40. The molecule has 1 heterocycles. The number of hydrogen-bond donors (Lipinski definition) is 3. The van der Waals surface area contributed by atoms with Gasteiger partial charge in [0.25, 0.3) is 0 Å². The molecule has 1 aliphatic rings. The molecule has 15 heavy (non-hydrogen) atoms. The van der Waals surface area contributed by atoms with E-state index in [1.165, 1.54) is 0 Å². The van der Waals surface area contributed by atoms with Gasteiger partial charge in [0.05, 0.1) is 12.6 Å². The van der Waals surface area contributed by atoms with Crippen LogP contribution >= 0.6 is 0 Å². The number of nitrogens with one attached hydrogen (secondary N) is 1. The molecule has 0 aromatic heterocycles. The van der Waals surface area contributed by atoms with Crippen molar-refractivity contribution in [1.82, 2.24) is 10.2 Å². The summed E-state index contributed by atoms with van der Waals surface area (Å²) >= 11 is 0. The number of carboxylic acid groups (broad SMARTS) is 1. The maximum atomic E-state index is 11.2. The first-order valence-corrected chi connectivity index (χ1v) is 4.97. The van der Waals surface area contributed by atoms with Crippen molar-refractivity contribution in [3.63, 3.8) is 0 Å². The molecule has 6 heteroatoms. The number of aliphatic hydroxyl groups excluding tert-OH is 1. The van der Waals surface area contributed by atoms with Gasteiger partial charge in [-0.25, -0.2) is 0 Å². The second kappa shape index (κ2) is 5.67. The van der Waals surface area contributed by atoms with Crippen molar-refractivity contribution in [3.05, 3.63) is 0 Å². The maximum Gasteiger partial charge on any atom is 0.303 e. The molecule has 0 aromatic carbocycles. The summed E-state index contributed by atoms with van der Waals surface area (Å²) in [4.78, 5) is 23.2. The number of hydrogen-bond acceptors (Lipinski definition) is 4. The van der Waals surface area contributed by atoms with Crippen LogP contribution in [-0.4, -0.2) is 59.3 Å². The van der Waals surface area contributed by atoms with E-state index in [-0.39, 0.29) is 25.0 Å². The van der Waals surface area contributed by atoms with E-state index < -0.39 is 5.97 Å². The Labute approximate surface area is 87.9 Å². The van der Waals surface area contributed by atoms with Gasteiger partial charge >= 0.3 is 5.97 Å². The molecule has 6 nitrogen and oxygen atoms in total. The van der Waals surface area contributed by atoms with E-state index in [1.807, 2.05) is 4.90 Å². The third-order valence-electron chi connectivity index (χ3n) is 2.19. The van der Waals surface area contributed by atoms with Gasteiger partial charge in [0.15, 0.2) is 0 Å². The van der Waals surface area contributed by atoms with Crippen LogP contribution < -0.4 is 5.32 Å². The smallest absolute Gasteiger partial charge is 0.303 e. The van der Waals surface area contributed by atoms with Gasteiger partial charge in [-0.2, -0.15) is 0 Å². The van der Waals surface area contributed by atoms with Gasteiger partial charge in [-0.1, -0.05) is 0 Å². The number of aliphatic carboxylic acids is 1. The van der Waals surface area contributed by atoms with E-state index in [2.05, 4.69) is 5.32 Å². The van der Waals surface area contributed by atoms with Crippen molar-refractivity contribution in [2.24, 2.45) is 0 Å². The summed E-state index contributed by atoms with van der Waals surface area (Å²) in [6, 6.07) is 0. The van der Waals surface area contributed by atoms with Gasteiger partial charge < -0.3 is 15.5 Å². The van der Waals surface area contributed by atoms with E-state index >= 15 is 0 Å². The molecule has 1 amide bonds. The summed E-state index contributed by atoms with van der Waals surface area (Å²) in [5.41, 5.74) is 0. The SMILES string of the molecule is O=C(O)CCCNC(=O)CN1CC(O)C1. The van der Waals surface area contributed by atoms with Crippen LogP contribution in [-0.2, 0) is 9.59 Å². The van der Waals surface area contributed by atoms with E-state index in [4.69, 9.17) is 10.2 Å². The van der Waals surface area contributed by atoms with E-state index in [9.17, 15) is 9.59 Å². The number of likely N-dealkylation sites (tertiary alicyclic amines) is 1. The number of carbonyl (C=O) groups excluding carboxylic acids is 1. The van der Waals surface area contributed by atoms with Gasteiger partial charge in [0, 0.05) is 26.1 Å². The van der Waals surface area contributed by atoms with Crippen molar-refractivity contribution in [2.45, 2.75) is 18.9 Å². The third-order valence-corrected chi connectivity index (χ3v) is 2.19. The molecular weight excluding hydrogens is 200 g/mol. The molecule has 0 spiro atoms. The summed E-state index contributed by atoms with van der Waals surface area (Å²) in [6.45, 7) is 1.76. The first-order valence-electron chi connectivity index (χ1n) is 4.97. The normalized spacial score (nSPS) is 17.1. The molecule has 86 valence electrons. The summed E-state index contributed by atoms with van der Waals surface area (Å²) in [6.07, 6.45) is 0.219. The lowest BCUT2D eigenvalue weighted by molar-refractivity contribution is -0.137. The van der Waals surface area contributed by atoms with Gasteiger partial charge in [-0.05, 0) is 6.42 Å². The highest BCUT2D eigenvalue weighted by atomic mass is 16.4.